The van der Waals surface area contributed by atoms with Crippen LogP contribution in [0, 0.1) is 5.92 Å². The normalized spacial score (nSPS) is 17.9. The third-order valence-electron chi connectivity index (χ3n) is 4.54. The number of amides is 2. The molecule has 1 fully saturated rings. The summed E-state index contributed by atoms with van der Waals surface area (Å²) in [5.74, 6) is -1.94. The highest BCUT2D eigenvalue weighted by atomic mass is 16.4. The molecular weight excluding hydrogens is 320 g/mol. The number of hydrogen-bond acceptors (Lipinski definition) is 3. The average molecular weight is 346 g/mol. The highest BCUT2D eigenvalue weighted by Gasteiger charge is 2.28. The van der Waals surface area contributed by atoms with Gasteiger partial charge in [0.2, 0.25) is 5.91 Å². The van der Waals surface area contributed by atoms with E-state index >= 15 is 0 Å². The average Bonchev–Trinajstić information content (AvgIpc) is 2.58. The van der Waals surface area contributed by atoms with Crippen LogP contribution in [0.15, 0.2) is 24.3 Å². The molecular formula is C19H26N2O4. The van der Waals surface area contributed by atoms with E-state index in [0.29, 0.717) is 24.9 Å². The van der Waals surface area contributed by atoms with Crippen LogP contribution in [0.1, 0.15) is 49.5 Å². The van der Waals surface area contributed by atoms with Crippen LogP contribution >= 0.6 is 0 Å². The van der Waals surface area contributed by atoms with Crippen molar-refractivity contribution in [2.24, 2.45) is 5.92 Å². The van der Waals surface area contributed by atoms with Gasteiger partial charge >= 0.3 is 5.97 Å². The lowest BCUT2D eigenvalue weighted by atomic mass is 9.87. The molecule has 0 aliphatic carbocycles. The highest BCUT2D eigenvalue weighted by molar-refractivity contribution is 5.96. The molecule has 0 saturated carbocycles. The maximum absolute atomic E-state index is 12.2. The number of rotatable bonds is 4. The van der Waals surface area contributed by atoms with Gasteiger partial charge in [-0.25, -0.2) is 0 Å². The zero-order valence-electron chi connectivity index (χ0n) is 15.0. The van der Waals surface area contributed by atoms with E-state index in [1.54, 1.807) is 12.1 Å². The summed E-state index contributed by atoms with van der Waals surface area (Å²) in [6.45, 7) is 6.94. The number of aliphatic carboxylic acids is 1. The third kappa shape index (κ3) is 5.05. The minimum Gasteiger partial charge on any atom is -0.481 e. The molecule has 6 heteroatoms. The summed E-state index contributed by atoms with van der Waals surface area (Å²) in [4.78, 5) is 37.0. The van der Waals surface area contributed by atoms with Gasteiger partial charge in [-0.05, 0) is 36.0 Å². The van der Waals surface area contributed by atoms with Gasteiger partial charge in [-0.2, -0.15) is 0 Å². The molecule has 0 radical (unpaired) electrons. The van der Waals surface area contributed by atoms with Crippen LogP contribution in [0.4, 0.5) is 0 Å². The molecule has 1 aliphatic heterocycles. The number of piperidine rings is 1. The van der Waals surface area contributed by atoms with Crippen molar-refractivity contribution in [2.75, 3.05) is 19.6 Å². The summed E-state index contributed by atoms with van der Waals surface area (Å²) in [7, 11) is 0. The number of hydrogen-bond donors (Lipinski definition) is 2. The van der Waals surface area contributed by atoms with Crippen molar-refractivity contribution in [3.05, 3.63) is 35.4 Å². The monoisotopic (exact) mass is 346 g/mol. The molecule has 1 heterocycles. The number of carbonyl (C=O) groups excluding carboxylic acids is 2. The maximum atomic E-state index is 12.2. The van der Waals surface area contributed by atoms with Crippen LogP contribution in [-0.2, 0) is 15.0 Å². The zero-order chi connectivity index (χ0) is 18.6. The Labute approximate surface area is 148 Å². The van der Waals surface area contributed by atoms with E-state index in [0.717, 1.165) is 5.56 Å². The second-order valence-corrected chi connectivity index (χ2v) is 7.53. The molecule has 1 saturated heterocycles. The number of likely N-dealkylation sites (tertiary alicyclic amines) is 1. The maximum Gasteiger partial charge on any atom is 0.308 e. The largest absolute Gasteiger partial charge is 0.481 e. The van der Waals surface area contributed by atoms with Crippen molar-refractivity contribution >= 4 is 17.8 Å². The zero-order valence-corrected chi connectivity index (χ0v) is 15.0. The van der Waals surface area contributed by atoms with E-state index in [1.165, 1.54) is 4.90 Å². The van der Waals surface area contributed by atoms with Gasteiger partial charge < -0.3 is 15.3 Å². The standard InChI is InChI=1S/C19H26N2O4/c1-19(2,3)15-8-6-13(7-9-15)17(23)20-11-16(22)21-10-4-5-14(12-21)18(24)25/h6-9,14H,4-5,10-12H2,1-3H3,(H,20,23)(H,24,25). The van der Waals surface area contributed by atoms with E-state index < -0.39 is 11.9 Å². The molecule has 0 bridgehead atoms. The molecule has 136 valence electrons. The van der Waals surface area contributed by atoms with Crippen LogP contribution in [0.2, 0.25) is 0 Å². The summed E-state index contributed by atoms with van der Waals surface area (Å²) in [6.07, 6.45) is 1.26. The van der Waals surface area contributed by atoms with Crippen LogP contribution in [0.25, 0.3) is 0 Å². The van der Waals surface area contributed by atoms with Crippen molar-refractivity contribution in [2.45, 2.75) is 39.0 Å². The Balaban J connectivity index is 1.89. The van der Waals surface area contributed by atoms with E-state index in [1.807, 2.05) is 12.1 Å². The number of nitrogens with zero attached hydrogens (tertiary/aromatic N) is 1. The van der Waals surface area contributed by atoms with Crippen LogP contribution < -0.4 is 5.32 Å². The van der Waals surface area contributed by atoms with Gasteiger partial charge in [0, 0.05) is 18.7 Å². The Kier molecular flexibility index (Phi) is 5.82. The first-order valence-corrected chi connectivity index (χ1v) is 8.58. The van der Waals surface area contributed by atoms with E-state index in [-0.39, 0.29) is 30.3 Å². The van der Waals surface area contributed by atoms with Crippen LogP contribution in [-0.4, -0.2) is 47.4 Å². The second kappa shape index (κ2) is 7.68. The van der Waals surface area contributed by atoms with Crippen molar-refractivity contribution in [1.82, 2.24) is 10.2 Å². The van der Waals surface area contributed by atoms with Crippen molar-refractivity contribution in [3.63, 3.8) is 0 Å². The van der Waals surface area contributed by atoms with E-state index in [4.69, 9.17) is 5.11 Å². The Bertz CT molecular complexity index is 646. The van der Waals surface area contributed by atoms with Crippen LogP contribution in [0.3, 0.4) is 0 Å². The lowest BCUT2D eigenvalue weighted by Gasteiger charge is -2.30. The number of carbonyl (C=O) groups is 3. The lowest BCUT2D eigenvalue weighted by Crippen LogP contribution is -2.46. The smallest absolute Gasteiger partial charge is 0.308 e. The molecule has 1 aromatic carbocycles. The second-order valence-electron chi connectivity index (χ2n) is 7.53. The number of nitrogens with one attached hydrogen (secondary N) is 1. The van der Waals surface area contributed by atoms with Gasteiger partial charge in [-0.3, -0.25) is 14.4 Å². The Morgan fingerprint density at radius 3 is 2.40 bits per heavy atom. The topological polar surface area (TPSA) is 86.7 Å². The Morgan fingerprint density at radius 1 is 1.20 bits per heavy atom. The van der Waals surface area contributed by atoms with E-state index in [2.05, 4.69) is 26.1 Å². The van der Waals surface area contributed by atoms with Crippen molar-refractivity contribution < 1.29 is 19.5 Å². The quantitative estimate of drug-likeness (QED) is 0.873. The SMILES string of the molecule is CC(C)(C)c1ccc(C(=O)NCC(=O)N2CCCC(C(=O)O)C2)cc1. The summed E-state index contributed by atoms with van der Waals surface area (Å²) in [5.41, 5.74) is 1.65. The first-order valence-electron chi connectivity index (χ1n) is 8.58. The number of carboxylic acid groups (broad SMARTS) is 1. The van der Waals surface area contributed by atoms with Gasteiger partial charge in [-0.1, -0.05) is 32.9 Å². The first kappa shape index (κ1) is 19.0. The van der Waals surface area contributed by atoms with Gasteiger partial charge in [0.25, 0.3) is 5.91 Å². The molecule has 25 heavy (non-hydrogen) atoms. The molecule has 1 atom stereocenters. The molecule has 2 rings (SSSR count). The minimum atomic E-state index is -0.875. The Hall–Kier alpha value is -2.37. The van der Waals surface area contributed by atoms with Crippen molar-refractivity contribution in [3.8, 4) is 0 Å². The third-order valence-corrected chi connectivity index (χ3v) is 4.54. The lowest BCUT2D eigenvalue weighted by molar-refractivity contribution is -0.145. The molecule has 1 aliphatic rings. The van der Waals surface area contributed by atoms with E-state index in [9.17, 15) is 14.4 Å². The fourth-order valence-corrected chi connectivity index (χ4v) is 2.90. The van der Waals surface area contributed by atoms with Gasteiger partial charge in [-0.15, -0.1) is 0 Å². The molecule has 2 amide bonds. The van der Waals surface area contributed by atoms with Crippen LogP contribution in [0.5, 0.6) is 0 Å². The molecule has 0 spiro atoms. The molecule has 0 aromatic heterocycles. The predicted molar refractivity (Wildman–Crippen MR) is 94.4 cm³/mol. The number of carboxylic acids is 1. The molecule has 2 N–H and O–H groups in total. The first-order chi connectivity index (χ1) is 11.7. The Morgan fingerprint density at radius 2 is 1.84 bits per heavy atom. The predicted octanol–water partition coefficient (Wildman–Crippen LogP) is 2.04. The fraction of sp³-hybridized carbons (Fsp3) is 0.526. The number of benzene rings is 1. The summed E-state index contributed by atoms with van der Waals surface area (Å²) < 4.78 is 0. The van der Waals surface area contributed by atoms with Gasteiger partial charge in [0.05, 0.1) is 12.5 Å². The molecule has 1 aromatic rings. The molecule has 1 unspecified atom stereocenters. The van der Waals surface area contributed by atoms with Crippen molar-refractivity contribution in [1.29, 1.82) is 0 Å². The summed E-state index contributed by atoms with van der Waals surface area (Å²) in [6, 6.07) is 7.33. The molecule has 6 nitrogen and oxygen atoms in total. The highest BCUT2D eigenvalue weighted by Crippen LogP contribution is 2.22. The van der Waals surface area contributed by atoms with Gasteiger partial charge in [0.15, 0.2) is 0 Å². The minimum absolute atomic E-state index is 0.0138. The summed E-state index contributed by atoms with van der Waals surface area (Å²) in [5, 5.41) is 11.7. The summed E-state index contributed by atoms with van der Waals surface area (Å²) >= 11 is 0. The van der Waals surface area contributed by atoms with Gasteiger partial charge in [0.1, 0.15) is 0 Å². The fourth-order valence-electron chi connectivity index (χ4n) is 2.90.